The molecule has 198 valence electrons. The van der Waals surface area contributed by atoms with Gasteiger partial charge in [0, 0.05) is 53.5 Å². The molecular formula is C30H47N5O. The number of aromatic nitrogens is 1. The Kier molecular flexibility index (Phi) is 14.2. The second-order valence-electron chi connectivity index (χ2n) is 7.98. The van der Waals surface area contributed by atoms with Crippen LogP contribution in [0.25, 0.3) is 0 Å². The van der Waals surface area contributed by atoms with Crippen molar-refractivity contribution in [2.24, 2.45) is 4.99 Å². The van der Waals surface area contributed by atoms with Crippen molar-refractivity contribution in [3.63, 3.8) is 0 Å². The molecular weight excluding hydrogens is 446 g/mol. The highest BCUT2D eigenvalue weighted by Gasteiger charge is 2.11. The third-order valence-corrected chi connectivity index (χ3v) is 4.90. The molecule has 0 spiro atoms. The molecule has 1 amide bonds. The highest BCUT2D eigenvalue weighted by atomic mass is 16.1. The molecule has 1 aromatic heterocycles. The minimum absolute atomic E-state index is 0. The molecule has 2 aromatic rings. The standard InChI is InChI=1S/C28H35N5O.C2H6.3H2/c1-7-9-10-14-26(20(3)4)30-18-21(5)32-22(6)23-12-11-13-25(17-23)33-28(34)24-15-16-27(29-8-2)31-19-24;1-2;;;/h11-19,21-22,32H,3,7-8H2,1-2,4-6H3,(H,29,31)(H,33,34);1-2H3;3*1H/b26-14+,30-18?;;;;/t21?,22-;;;;/m0..../s1. The quantitative estimate of drug-likeness (QED) is 0.182. The lowest BCUT2D eigenvalue weighted by atomic mass is 10.1. The number of anilines is 2. The van der Waals surface area contributed by atoms with Crippen LogP contribution in [0.15, 0.2) is 71.5 Å². The number of rotatable bonds is 10. The van der Waals surface area contributed by atoms with Crippen molar-refractivity contribution in [2.45, 2.75) is 67.0 Å². The predicted octanol–water partition coefficient (Wildman–Crippen LogP) is 7.51. The Morgan fingerprint density at radius 1 is 1.22 bits per heavy atom. The van der Waals surface area contributed by atoms with Crippen LogP contribution >= 0.6 is 0 Å². The van der Waals surface area contributed by atoms with E-state index in [9.17, 15) is 4.79 Å². The molecule has 6 heteroatoms. The fraction of sp³-hybridized carbons (Fsp3) is 0.367. The smallest absolute Gasteiger partial charge is 0.257 e. The van der Waals surface area contributed by atoms with Crippen molar-refractivity contribution in [3.05, 3.63) is 77.6 Å². The minimum Gasteiger partial charge on any atom is -0.370 e. The maximum absolute atomic E-state index is 12.6. The lowest BCUT2D eigenvalue weighted by Gasteiger charge is -2.18. The van der Waals surface area contributed by atoms with Crippen LogP contribution in [-0.4, -0.2) is 29.7 Å². The molecule has 1 heterocycles. The Labute approximate surface area is 221 Å². The number of aliphatic imine (C=N–C) groups is 1. The summed E-state index contributed by atoms with van der Waals surface area (Å²) < 4.78 is 0. The van der Waals surface area contributed by atoms with Crippen molar-refractivity contribution in [3.8, 4) is 11.8 Å². The van der Waals surface area contributed by atoms with E-state index in [0.717, 1.165) is 41.3 Å². The fourth-order valence-corrected chi connectivity index (χ4v) is 3.12. The zero-order chi connectivity index (χ0) is 26.9. The Hall–Kier alpha value is -3.69. The van der Waals surface area contributed by atoms with Gasteiger partial charge in [0.25, 0.3) is 5.91 Å². The van der Waals surface area contributed by atoms with Gasteiger partial charge in [0.2, 0.25) is 0 Å². The van der Waals surface area contributed by atoms with Crippen LogP contribution in [0.4, 0.5) is 11.5 Å². The Morgan fingerprint density at radius 2 is 1.97 bits per heavy atom. The molecule has 2 rings (SSSR count). The van der Waals surface area contributed by atoms with E-state index in [1.54, 1.807) is 24.4 Å². The van der Waals surface area contributed by atoms with Gasteiger partial charge in [-0.15, -0.1) is 0 Å². The number of nitrogens with zero attached hydrogens (tertiary/aromatic N) is 2. The largest absolute Gasteiger partial charge is 0.370 e. The van der Waals surface area contributed by atoms with E-state index in [1.807, 2.05) is 72.0 Å². The number of benzene rings is 1. The van der Waals surface area contributed by atoms with Gasteiger partial charge in [-0.05, 0) is 63.1 Å². The van der Waals surface area contributed by atoms with Gasteiger partial charge in [0.1, 0.15) is 5.82 Å². The van der Waals surface area contributed by atoms with Crippen molar-refractivity contribution < 1.29 is 9.07 Å². The van der Waals surface area contributed by atoms with Crippen molar-refractivity contribution in [2.75, 3.05) is 17.2 Å². The fourth-order valence-electron chi connectivity index (χ4n) is 3.12. The first-order valence-electron chi connectivity index (χ1n) is 12.6. The van der Waals surface area contributed by atoms with Crippen molar-refractivity contribution >= 4 is 23.6 Å². The van der Waals surface area contributed by atoms with Gasteiger partial charge in [0.15, 0.2) is 0 Å². The number of carbonyl (C=O) groups is 1. The lowest BCUT2D eigenvalue weighted by molar-refractivity contribution is 0.102. The normalized spacial score (nSPS) is 12.5. The zero-order valence-corrected chi connectivity index (χ0v) is 22.8. The van der Waals surface area contributed by atoms with Gasteiger partial charge >= 0.3 is 0 Å². The van der Waals surface area contributed by atoms with Crippen molar-refractivity contribution in [1.82, 2.24) is 10.3 Å². The molecule has 0 fully saturated rings. The number of hydrogen-bond acceptors (Lipinski definition) is 5. The predicted molar refractivity (Wildman–Crippen MR) is 161 cm³/mol. The van der Waals surface area contributed by atoms with Crippen LogP contribution < -0.4 is 16.0 Å². The van der Waals surface area contributed by atoms with Crippen LogP contribution in [0.3, 0.4) is 0 Å². The molecule has 0 radical (unpaired) electrons. The number of nitrogens with one attached hydrogen (secondary N) is 3. The third kappa shape index (κ3) is 10.7. The van der Waals surface area contributed by atoms with Crippen LogP contribution in [0, 0.1) is 11.8 Å². The lowest BCUT2D eigenvalue weighted by Crippen LogP contribution is -2.30. The molecule has 0 aliphatic heterocycles. The number of allylic oxidation sites excluding steroid dienone is 2. The maximum Gasteiger partial charge on any atom is 0.257 e. The van der Waals surface area contributed by atoms with E-state index >= 15 is 0 Å². The van der Waals surface area contributed by atoms with Gasteiger partial charge in [-0.2, -0.15) is 0 Å². The number of hydrogen-bond donors (Lipinski definition) is 3. The summed E-state index contributed by atoms with van der Waals surface area (Å²) in [5, 5.41) is 9.59. The molecule has 0 saturated heterocycles. The summed E-state index contributed by atoms with van der Waals surface area (Å²) in [4.78, 5) is 21.4. The maximum atomic E-state index is 12.6. The Bertz CT molecular complexity index is 1110. The van der Waals surface area contributed by atoms with Gasteiger partial charge in [-0.1, -0.05) is 51.3 Å². The van der Waals surface area contributed by atoms with Crippen LogP contribution in [0.5, 0.6) is 0 Å². The summed E-state index contributed by atoms with van der Waals surface area (Å²) in [6.45, 7) is 18.8. The minimum atomic E-state index is -0.195. The van der Waals surface area contributed by atoms with Gasteiger partial charge < -0.3 is 16.0 Å². The molecule has 36 heavy (non-hydrogen) atoms. The average molecular weight is 494 g/mol. The summed E-state index contributed by atoms with van der Waals surface area (Å²) in [6.07, 6.45) is 6.04. The van der Waals surface area contributed by atoms with E-state index in [4.69, 9.17) is 0 Å². The number of carbonyl (C=O) groups excluding carboxylic acids is 1. The number of amides is 1. The average Bonchev–Trinajstić information content (AvgIpc) is 2.88. The molecule has 3 N–H and O–H groups in total. The van der Waals surface area contributed by atoms with Gasteiger partial charge in [-0.25, -0.2) is 4.98 Å². The first-order valence-corrected chi connectivity index (χ1v) is 12.6. The zero-order valence-electron chi connectivity index (χ0n) is 22.8. The summed E-state index contributed by atoms with van der Waals surface area (Å²) in [7, 11) is 0. The van der Waals surface area contributed by atoms with E-state index in [-0.39, 0.29) is 22.3 Å². The summed E-state index contributed by atoms with van der Waals surface area (Å²) in [6, 6.07) is 11.4. The van der Waals surface area contributed by atoms with Crippen molar-refractivity contribution in [1.29, 1.82) is 0 Å². The molecule has 1 unspecified atom stereocenters. The van der Waals surface area contributed by atoms with Crippen LogP contribution in [0.2, 0.25) is 0 Å². The molecule has 0 aliphatic carbocycles. The summed E-state index contributed by atoms with van der Waals surface area (Å²) in [5.74, 6) is 6.57. The Morgan fingerprint density at radius 3 is 2.58 bits per heavy atom. The molecule has 0 bridgehead atoms. The molecule has 0 saturated carbocycles. The molecule has 6 nitrogen and oxygen atoms in total. The van der Waals surface area contributed by atoms with E-state index < -0.39 is 0 Å². The SMILES string of the molecule is C=C(C)/C(=C\C#CCC)N=CC(C)N[C@@H](C)c1cccc(NC(=O)c2ccc(NCC)nc2)c1.CC.[HH].[HH].[HH]. The van der Waals surface area contributed by atoms with Gasteiger partial charge in [-0.3, -0.25) is 9.79 Å². The molecule has 0 aliphatic rings. The van der Waals surface area contributed by atoms with E-state index in [1.165, 1.54) is 0 Å². The van der Waals surface area contributed by atoms with E-state index in [2.05, 4.69) is 51.3 Å². The highest BCUT2D eigenvalue weighted by molar-refractivity contribution is 6.04. The summed E-state index contributed by atoms with van der Waals surface area (Å²) >= 11 is 0. The molecule has 2 atom stereocenters. The second-order valence-corrected chi connectivity index (χ2v) is 7.98. The highest BCUT2D eigenvalue weighted by Crippen LogP contribution is 2.19. The third-order valence-electron chi connectivity index (χ3n) is 4.90. The van der Waals surface area contributed by atoms with Gasteiger partial charge in [0.05, 0.1) is 11.3 Å². The van der Waals surface area contributed by atoms with Crippen LogP contribution in [-0.2, 0) is 0 Å². The monoisotopic (exact) mass is 493 g/mol. The second kappa shape index (κ2) is 16.9. The number of pyridine rings is 1. The van der Waals surface area contributed by atoms with E-state index in [0.29, 0.717) is 5.56 Å². The Balaban J connectivity index is -0.00000253. The molecule has 1 aromatic carbocycles. The topological polar surface area (TPSA) is 78.4 Å². The first kappa shape index (κ1) is 30.3. The van der Waals surface area contributed by atoms with Crippen LogP contribution in [0.1, 0.15) is 81.1 Å². The summed E-state index contributed by atoms with van der Waals surface area (Å²) in [5.41, 5.74) is 3.95. The first-order chi connectivity index (χ1) is 17.3.